The lowest BCUT2D eigenvalue weighted by molar-refractivity contribution is 0.415. The molecule has 0 saturated heterocycles. The molecule has 4 rings (SSSR count). The number of imidazole rings is 1. The van der Waals surface area contributed by atoms with E-state index in [1.165, 1.54) is 0 Å². The Labute approximate surface area is 138 Å². The predicted molar refractivity (Wildman–Crippen MR) is 92.6 cm³/mol. The van der Waals surface area contributed by atoms with Gasteiger partial charge < -0.3 is 10.5 Å². The standard InChI is InChI=1S/C18H15N5O/c1-24-14-4-2-3-13(11-14)16-15(12-5-7-20-8-6-12)17-21-9-10-23(17)18(19)22-16/h2-11H,1H3,(H2,19,22). The first-order valence-corrected chi connectivity index (χ1v) is 7.45. The molecule has 0 atom stereocenters. The van der Waals surface area contributed by atoms with Crippen molar-refractivity contribution < 1.29 is 4.74 Å². The van der Waals surface area contributed by atoms with Crippen LogP contribution in [0.15, 0.2) is 61.2 Å². The number of methoxy groups -OCH3 is 1. The van der Waals surface area contributed by atoms with E-state index in [9.17, 15) is 0 Å². The van der Waals surface area contributed by atoms with Gasteiger partial charge in [0.25, 0.3) is 0 Å². The Morgan fingerprint density at radius 3 is 2.67 bits per heavy atom. The van der Waals surface area contributed by atoms with Gasteiger partial charge in [0.2, 0.25) is 5.95 Å². The van der Waals surface area contributed by atoms with Crippen LogP contribution in [0.1, 0.15) is 0 Å². The average molecular weight is 317 g/mol. The lowest BCUT2D eigenvalue weighted by atomic mass is 10.0. The first-order chi connectivity index (χ1) is 11.8. The van der Waals surface area contributed by atoms with Crippen LogP contribution in [0.3, 0.4) is 0 Å². The Morgan fingerprint density at radius 1 is 1.04 bits per heavy atom. The number of nitrogens with two attached hydrogens (primary N) is 1. The van der Waals surface area contributed by atoms with Gasteiger partial charge in [0.1, 0.15) is 11.4 Å². The molecule has 2 N–H and O–H groups in total. The van der Waals surface area contributed by atoms with E-state index >= 15 is 0 Å². The molecule has 0 spiro atoms. The number of ether oxygens (including phenoxy) is 1. The first-order valence-electron chi connectivity index (χ1n) is 7.45. The second-order valence-corrected chi connectivity index (χ2v) is 5.28. The largest absolute Gasteiger partial charge is 0.497 e. The van der Waals surface area contributed by atoms with Crippen LogP contribution in [-0.2, 0) is 0 Å². The minimum atomic E-state index is 0.387. The van der Waals surface area contributed by atoms with Gasteiger partial charge in [-0.05, 0) is 29.8 Å². The molecule has 3 aromatic heterocycles. The molecule has 0 aliphatic carbocycles. The van der Waals surface area contributed by atoms with E-state index < -0.39 is 0 Å². The Bertz CT molecular complexity index is 1010. The summed E-state index contributed by atoms with van der Waals surface area (Å²) >= 11 is 0. The number of rotatable bonds is 3. The van der Waals surface area contributed by atoms with Crippen molar-refractivity contribution in [2.45, 2.75) is 0 Å². The van der Waals surface area contributed by atoms with Crippen LogP contribution < -0.4 is 10.5 Å². The van der Waals surface area contributed by atoms with Gasteiger partial charge in [-0.15, -0.1) is 0 Å². The van der Waals surface area contributed by atoms with Crippen molar-refractivity contribution in [1.82, 2.24) is 19.4 Å². The number of anilines is 1. The summed E-state index contributed by atoms with van der Waals surface area (Å²) in [4.78, 5) is 13.2. The Kier molecular flexibility index (Phi) is 3.35. The molecule has 0 bridgehead atoms. The van der Waals surface area contributed by atoms with Gasteiger partial charge in [0.15, 0.2) is 0 Å². The van der Waals surface area contributed by atoms with E-state index in [4.69, 9.17) is 10.5 Å². The van der Waals surface area contributed by atoms with Crippen LogP contribution in [0.4, 0.5) is 5.95 Å². The van der Waals surface area contributed by atoms with Crippen molar-refractivity contribution in [3.05, 3.63) is 61.2 Å². The van der Waals surface area contributed by atoms with Gasteiger partial charge in [0, 0.05) is 30.4 Å². The second kappa shape index (κ2) is 5.66. The fourth-order valence-corrected chi connectivity index (χ4v) is 2.77. The molecule has 6 heteroatoms. The van der Waals surface area contributed by atoms with Crippen molar-refractivity contribution in [3.63, 3.8) is 0 Å². The zero-order chi connectivity index (χ0) is 16.5. The predicted octanol–water partition coefficient (Wildman–Crippen LogP) is 3.05. The molecule has 24 heavy (non-hydrogen) atoms. The number of benzene rings is 1. The van der Waals surface area contributed by atoms with E-state index in [1.54, 1.807) is 36.3 Å². The van der Waals surface area contributed by atoms with Crippen LogP contribution in [-0.4, -0.2) is 26.5 Å². The highest BCUT2D eigenvalue weighted by Gasteiger charge is 2.17. The van der Waals surface area contributed by atoms with Crippen LogP contribution in [0.2, 0.25) is 0 Å². The fraction of sp³-hybridized carbons (Fsp3) is 0.0556. The van der Waals surface area contributed by atoms with Gasteiger partial charge in [-0.1, -0.05) is 12.1 Å². The maximum Gasteiger partial charge on any atom is 0.206 e. The molecule has 1 aromatic carbocycles. The topological polar surface area (TPSA) is 78.3 Å². The Hall–Kier alpha value is -3.41. The summed E-state index contributed by atoms with van der Waals surface area (Å²) in [6.45, 7) is 0. The number of pyridine rings is 1. The number of hydrogen-bond donors (Lipinski definition) is 1. The molecule has 0 aliphatic rings. The van der Waals surface area contributed by atoms with E-state index in [2.05, 4.69) is 15.0 Å². The number of nitrogens with zero attached hydrogens (tertiary/aromatic N) is 4. The van der Waals surface area contributed by atoms with Crippen molar-refractivity contribution in [2.75, 3.05) is 12.8 Å². The van der Waals surface area contributed by atoms with Gasteiger partial charge >= 0.3 is 0 Å². The summed E-state index contributed by atoms with van der Waals surface area (Å²) in [5.41, 5.74) is 10.4. The van der Waals surface area contributed by atoms with Crippen molar-refractivity contribution in [1.29, 1.82) is 0 Å². The zero-order valence-electron chi connectivity index (χ0n) is 13.0. The quantitative estimate of drug-likeness (QED) is 0.628. The molecule has 3 heterocycles. The normalized spacial score (nSPS) is 10.9. The van der Waals surface area contributed by atoms with Crippen LogP contribution in [0.25, 0.3) is 28.0 Å². The van der Waals surface area contributed by atoms with Gasteiger partial charge in [-0.2, -0.15) is 0 Å². The fourth-order valence-electron chi connectivity index (χ4n) is 2.77. The molecule has 0 fully saturated rings. The lowest BCUT2D eigenvalue weighted by Crippen LogP contribution is -2.04. The monoisotopic (exact) mass is 317 g/mol. The number of aromatic nitrogens is 4. The third kappa shape index (κ3) is 2.25. The van der Waals surface area contributed by atoms with E-state index in [0.717, 1.165) is 33.8 Å². The van der Waals surface area contributed by atoms with E-state index in [1.807, 2.05) is 36.4 Å². The van der Waals surface area contributed by atoms with Crippen LogP contribution in [0.5, 0.6) is 5.75 Å². The molecular formula is C18H15N5O. The highest BCUT2D eigenvalue weighted by Crippen LogP contribution is 2.35. The molecular weight excluding hydrogens is 302 g/mol. The smallest absolute Gasteiger partial charge is 0.206 e. The summed E-state index contributed by atoms with van der Waals surface area (Å²) in [5, 5.41) is 0. The van der Waals surface area contributed by atoms with E-state index in [-0.39, 0.29) is 0 Å². The first kappa shape index (κ1) is 14.2. The Morgan fingerprint density at radius 2 is 1.88 bits per heavy atom. The summed E-state index contributed by atoms with van der Waals surface area (Å²) in [5.74, 6) is 1.15. The summed E-state index contributed by atoms with van der Waals surface area (Å²) in [6, 6.07) is 11.6. The summed E-state index contributed by atoms with van der Waals surface area (Å²) in [7, 11) is 1.64. The van der Waals surface area contributed by atoms with Crippen molar-refractivity contribution in [2.24, 2.45) is 0 Å². The molecule has 6 nitrogen and oxygen atoms in total. The van der Waals surface area contributed by atoms with Crippen LogP contribution >= 0.6 is 0 Å². The zero-order valence-corrected chi connectivity index (χ0v) is 13.0. The molecule has 4 aromatic rings. The highest BCUT2D eigenvalue weighted by atomic mass is 16.5. The maximum atomic E-state index is 6.12. The Balaban J connectivity index is 2.07. The van der Waals surface area contributed by atoms with Gasteiger partial charge in [0.05, 0.1) is 18.4 Å². The summed E-state index contributed by atoms with van der Waals surface area (Å²) in [6.07, 6.45) is 7.02. The number of nitrogen functional groups attached to an aromatic ring is 1. The third-order valence-electron chi connectivity index (χ3n) is 3.89. The molecule has 0 saturated carbocycles. The number of hydrogen-bond acceptors (Lipinski definition) is 5. The average Bonchev–Trinajstić information content (AvgIpc) is 3.12. The minimum Gasteiger partial charge on any atom is -0.497 e. The van der Waals surface area contributed by atoms with Gasteiger partial charge in [-0.3, -0.25) is 9.38 Å². The van der Waals surface area contributed by atoms with Gasteiger partial charge in [-0.25, -0.2) is 9.97 Å². The molecule has 0 radical (unpaired) electrons. The second-order valence-electron chi connectivity index (χ2n) is 5.28. The summed E-state index contributed by atoms with van der Waals surface area (Å²) < 4.78 is 7.11. The maximum absolute atomic E-state index is 6.12. The van der Waals surface area contributed by atoms with E-state index in [0.29, 0.717) is 5.95 Å². The molecule has 118 valence electrons. The van der Waals surface area contributed by atoms with Crippen LogP contribution in [0, 0.1) is 0 Å². The number of fused-ring (bicyclic) bond motifs is 1. The minimum absolute atomic E-state index is 0.387. The highest BCUT2D eigenvalue weighted by molar-refractivity contribution is 5.90. The molecule has 0 unspecified atom stereocenters. The third-order valence-corrected chi connectivity index (χ3v) is 3.89. The van der Waals surface area contributed by atoms with Crippen molar-refractivity contribution >= 4 is 11.6 Å². The molecule has 0 amide bonds. The lowest BCUT2D eigenvalue weighted by Gasteiger charge is -2.13. The van der Waals surface area contributed by atoms with Crippen molar-refractivity contribution in [3.8, 4) is 28.1 Å². The SMILES string of the molecule is COc1cccc(-c2nc(N)n3ccnc3c2-c2ccncc2)c1. The molecule has 0 aliphatic heterocycles.